The van der Waals surface area contributed by atoms with Crippen molar-refractivity contribution in [3.8, 4) is 0 Å². The van der Waals surface area contributed by atoms with Crippen LogP contribution in [0.3, 0.4) is 0 Å². The molecule has 2 nitrogen and oxygen atoms in total. The van der Waals surface area contributed by atoms with E-state index in [1.165, 1.54) is 6.42 Å². The quantitative estimate of drug-likeness (QED) is 0.678. The van der Waals surface area contributed by atoms with Gasteiger partial charge in [0.2, 0.25) is 0 Å². The Morgan fingerprint density at radius 1 is 1.26 bits per heavy atom. The fourth-order valence-electron chi connectivity index (χ4n) is 5.71. The summed E-state index contributed by atoms with van der Waals surface area (Å²) in [4.78, 5) is 12.5. The average Bonchev–Trinajstić information content (AvgIpc) is 2.70. The molecule has 3 aliphatic rings. The minimum atomic E-state index is -1.25. The Morgan fingerprint density at radius 3 is 2.58 bits per heavy atom. The molecule has 2 saturated carbocycles. The van der Waals surface area contributed by atoms with Crippen molar-refractivity contribution in [3.05, 3.63) is 0 Å². The standard InChI is InChI=1S/C16H28O2Si/c1-11-14(19(3,4)5)12-8-10-15(2)13(17)7-6-9-16(12,15)18-11/h11-12,14H,6-10H2,1-5H3/t11-,12+,14+,15+,16?/m1/s1. The van der Waals surface area contributed by atoms with Crippen LogP contribution in [0.5, 0.6) is 0 Å². The molecule has 1 saturated heterocycles. The molecule has 108 valence electrons. The van der Waals surface area contributed by atoms with E-state index in [-0.39, 0.29) is 11.0 Å². The first kappa shape index (κ1) is 13.8. The molecule has 0 aromatic rings. The van der Waals surface area contributed by atoms with Gasteiger partial charge in [-0.25, -0.2) is 0 Å². The molecule has 0 aromatic carbocycles. The Balaban J connectivity index is 2.04. The highest BCUT2D eigenvalue weighted by atomic mass is 28.3. The number of carbonyl (C=O) groups excluding carboxylic acids is 1. The molecule has 0 N–H and O–H groups in total. The molecule has 5 atom stereocenters. The maximum Gasteiger partial charge on any atom is 0.141 e. The molecular formula is C16H28O2Si. The molecule has 1 spiro atoms. The maximum absolute atomic E-state index is 12.5. The second-order valence-electron chi connectivity index (χ2n) is 8.36. The normalized spacial score (nSPS) is 50.2. The Labute approximate surface area is 118 Å². The summed E-state index contributed by atoms with van der Waals surface area (Å²) in [5.41, 5.74) is 0.436. The van der Waals surface area contributed by atoms with E-state index in [2.05, 4.69) is 33.5 Å². The molecule has 1 aliphatic heterocycles. The number of hydrogen-bond acceptors (Lipinski definition) is 2. The SMILES string of the molecule is C[C@H]1OC23CCCC(=O)[C@]2(C)CC[C@H]3[C@H]1[Si](C)(C)C. The molecule has 3 rings (SSSR count). The first-order chi connectivity index (χ1) is 8.72. The maximum atomic E-state index is 12.5. The van der Waals surface area contributed by atoms with E-state index < -0.39 is 8.07 Å². The smallest absolute Gasteiger partial charge is 0.141 e. The average molecular weight is 280 g/mol. The lowest BCUT2D eigenvalue weighted by atomic mass is 9.63. The van der Waals surface area contributed by atoms with Gasteiger partial charge in [0.1, 0.15) is 5.78 Å². The van der Waals surface area contributed by atoms with Crippen molar-refractivity contribution in [3.63, 3.8) is 0 Å². The summed E-state index contributed by atoms with van der Waals surface area (Å²) in [6.07, 6.45) is 5.55. The van der Waals surface area contributed by atoms with Crippen LogP contribution in [0.25, 0.3) is 0 Å². The predicted octanol–water partition coefficient (Wildman–Crippen LogP) is 4.02. The number of carbonyl (C=O) groups is 1. The Morgan fingerprint density at radius 2 is 1.95 bits per heavy atom. The lowest BCUT2D eigenvalue weighted by molar-refractivity contribution is -0.162. The summed E-state index contributed by atoms with van der Waals surface area (Å²) in [6.45, 7) is 11.9. The summed E-state index contributed by atoms with van der Waals surface area (Å²) in [5.74, 6) is 1.12. The van der Waals surface area contributed by atoms with E-state index in [9.17, 15) is 4.79 Å². The van der Waals surface area contributed by atoms with Crippen LogP contribution in [-0.2, 0) is 9.53 Å². The molecule has 3 heteroatoms. The van der Waals surface area contributed by atoms with Crippen LogP contribution in [0.2, 0.25) is 25.2 Å². The third-order valence-electron chi connectivity index (χ3n) is 6.39. The Bertz CT molecular complexity index is 413. The largest absolute Gasteiger partial charge is 0.371 e. The summed E-state index contributed by atoms with van der Waals surface area (Å²) >= 11 is 0. The van der Waals surface area contributed by atoms with E-state index >= 15 is 0 Å². The van der Waals surface area contributed by atoms with Crippen LogP contribution in [0.1, 0.15) is 46.0 Å². The number of hydrogen-bond donors (Lipinski definition) is 0. The van der Waals surface area contributed by atoms with E-state index in [4.69, 9.17) is 4.74 Å². The topological polar surface area (TPSA) is 26.3 Å². The van der Waals surface area contributed by atoms with Crippen molar-refractivity contribution >= 4 is 13.9 Å². The summed E-state index contributed by atoms with van der Waals surface area (Å²) in [7, 11) is -1.25. The number of Topliss-reactive ketones (excluding diaryl/α,β-unsaturated/α-hetero) is 1. The van der Waals surface area contributed by atoms with Gasteiger partial charge in [-0.05, 0) is 51.0 Å². The molecule has 0 amide bonds. The van der Waals surface area contributed by atoms with Crippen molar-refractivity contribution in [2.75, 3.05) is 0 Å². The highest BCUT2D eigenvalue weighted by Crippen LogP contribution is 2.67. The molecule has 0 radical (unpaired) electrons. The van der Waals surface area contributed by atoms with Gasteiger partial charge >= 0.3 is 0 Å². The van der Waals surface area contributed by atoms with E-state index in [0.717, 1.165) is 31.2 Å². The first-order valence-corrected chi connectivity index (χ1v) is 11.5. The Kier molecular flexibility index (Phi) is 2.87. The zero-order valence-corrected chi connectivity index (χ0v) is 14.1. The number of ketones is 1. The zero-order chi connectivity index (χ0) is 14.1. The minimum Gasteiger partial charge on any atom is -0.371 e. The molecule has 2 aliphatic carbocycles. The van der Waals surface area contributed by atoms with Crippen molar-refractivity contribution in [1.29, 1.82) is 0 Å². The number of rotatable bonds is 1. The van der Waals surface area contributed by atoms with Gasteiger partial charge in [0, 0.05) is 6.42 Å². The van der Waals surface area contributed by atoms with Crippen LogP contribution in [0.15, 0.2) is 0 Å². The van der Waals surface area contributed by atoms with Gasteiger partial charge in [-0.2, -0.15) is 0 Å². The van der Waals surface area contributed by atoms with Gasteiger partial charge in [0.15, 0.2) is 0 Å². The van der Waals surface area contributed by atoms with Crippen LogP contribution in [0, 0.1) is 11.3 Å². The monoisotopic (exact) mass is 280 g/mol. The lowest BCUT2D eigenvalue weighted by Crippen LogP contribution is -2.53. The fraction of sp³-hybridized carbons (Fsp3) is 0.938. The highest BCUT2D eigenvalue weighted by molar-refractivity contribution is 6.77. The highest BCUT2D eigenvalue weighted by Gasteiger charge is 2.70. The van der Waals surface area contributed by atoms with Crippen molar-refractivity contribution < 1.29 is 9.53 Å². The minimum absolute atomic E-state index is 0.104. The second-order valence-corrected chi connectivity index (χ2v) is 13.8. The van der Waals surface area contributed by atoms with Crippen molar-refractivity contribution in [2.24, 2.45) is 11.3 Å². The van der Waals surface area contributed by atoms with Crippen molar-refractivity contribution in [1.82, 2.24) is 0 Å². The van der Waals surface area contributed by atoms with Gasteiger partial charge in [-0.3, -0.25) is 4.79 Å². The summed E-state index contributed by atoms with van der Waals surface area (Å²) < 4.78 is 6.60. The number of ether oxygens (including phenoxy) is 1. The predicted molar refractivity (Wildman–Crippen MR) is 80.1 cm³/mol. The van der Waals surface area contributed by atoms with Crippen LogP contribution in [-0.4, -0.2) is 25.6 Å². The van der Waals surface area contributed by atoms with Crippen LogP contribution < -0.4 is 0 Å². The lowest BCUT2D eigenvalue weighted by Gasteiger charge is -2.46. The third kappa shape index (κ3) is 1.60. The molecule has 1 unspecified atom stereocenters. The zero-order valence-electron chi connectivity index (χ0n) is 13.1. The fourth-order valence-corrected chi connectivity index (χ4v) is 8.83. The third-order valence-corrected chi connectivity index (χ3v) is 9.26. The summed E-state index contributed by atoms with van der Waals surface area (Å²) in [6, 6.07) is 0. The van der Waals surface area contributed by atoms with Crippen LogP contribution >= 0.6 is 0 Å². The second kappa shape index (κ2) is 3.94. The van der Waals surface area contributed by atoms with E-state index in [1.807, 2.05) is 0 Å². The molecule has 1 heterocycles. The van der Waals surface area contributed by atoms with Gasteiger partial charge in [0.25, 0.3) is 0 Å². The van der Waals surface area contributed by atoms with Crippen LogP contribution in [0.4, 0.5) is 0 Å². The van der Waals surface area contributed by atoms with Gasteiger partial charge in [-0.1, -0.05) is 19.6 Å². The van der Waals surface area contributed by atoms with E-state index in [0.29, 0.717) is 17.8 Å². The van der Waals surface area contributed by atoms with Gasteiger partial charge < -0.3 is 4.74 Å². The molecule has 19 heavy (non-hydrogen) atoms. The first-order valence-electron chi connectivity index (χ1n) is 7.93. The Hall–Kier alpha value is -0.153. The van der Waals surface area contributed by atoms with E-state index in [1.54, 1.807) is 0 Å². The molecule has 3 fully saturated rings. The molecule has 0 bridgehead atoms. The van der Waals surface area contributed by atoms with Crippen molar-refractivity contribution in [2.45, 2.75) is 82.8 Å². The summed E-state index contributed by atoms with van der Waals surface area (Å²) in [5, 5.41) is 0. The van der Waals surface area contributed by atoms with Gasteiger partial charge in [0.05, 0.1) is 25.2 Å². The van der Waals surface area contributed by atoms with Gasteiger partial charge in [-0.15, -0.1) is 0 Å². The molecular weight excluding hydrogens is 252 g/mol. The molecule has 0 aromatic heterocycles.